The van der Waals surface area contributed by atoms with Gasteiger partial charge in [-0.1, -0.05) is 12.1 Å². The molecule has 0 spiro atoms. The van der Waals surface area contributed by atoms with Gasteiger partial charge in [0, 0.05) is 0 Å². The van der Waals surface area contributed by atoms with Crippen molar-refractivity contribution in [3.63, 3.8) is 0 Å². The highest BCUT2D eigenvalue weighted by atomic mass is 127. The summed E-state index contributed by atoms with van der Waals surface area (Å²) in [5.74, 6) is -0.395. The minimum Gasteiger partial charge on any atom is -0.507 e. The highest BCUT2D eigenvalue weighted by Gasteiger charge is 2.08. The summed E-state index contributed by atoms with van der Waals surface area (Å²) in [4.78, 5) is 11.8. The molecule has 0 bridgehead atoms. The number of phenolic OH excluding ortho intramolecular Hbond substituents is 2. The molecule has 6 heteroatoms. The Bertz CT molecular complexity index is 671. The van der Waals surface area contributed by atoms with Crippen molar-refractivity contribution in [2.45, 2.75) is 0 Å². The zero-order chi connectivity index (χ0) is 14.5. The number of phenols is 2. The lowest BCUT2D eigenvalue weighted by Gasteiger charge is -2.02. The van der Waals surface area contributed by atoms with Gasteiger partial charge in [-0.3, -0.25) is 4.79 Å². The quantitative estimate of drug-likeness (QED) is 0.434. The first-order valence-corrected chi connectivity index (χ1v) is 6.75. The number of aromatic hydroxyl groups is 2. The van der Waals surface area contributed by atoms with Crippen LogP contribution in [-0.2, 0) is 0 Å². The average Bonchev–Trinajstić information content (AvgIpc) is 2.43. The van der Waals surface area contributed by atoms with E-state index in [4.69, 9.17) is 0 Å². The van der Waals surface area contributed by atoms with E-state index >= 15 is 0 Å². The molecule has 0 aliphatic heterocycles. The zero-order valence-corrected chi connectivity index (χ0v) is 12.4. The lowest BCUT2D eigenvalue weighted by molar-refractivity contribution is 0.0952. The predicted molar refractivity (Wildman–Crippen MR) is 84.0 cm³/mol. The number of para-hydroxylation sites is 1. The van der Waals surface area contributed by atoms with E-state index in [1.54, 1.807) is 30.3 Å². The summed E-state index contributed by atoms with van der Waals surface area (Å²) < 4.78 is 0.693. The molecular formula is C14H11IN2O3. The van der Waals surface area contributed by atoms with Crippen molar-refractivity contribution in [2.75, 3.05) is 0 Å². The molecule has 0 saturated carbocycles. The summed E-state index contributed by atoms with van der Waals surface area (Å²) in [7, 11) is 0. The van der Waals surface area contributed by atoms with Gasteiger partial charge in [-0.05, 0) is 58.5 Å². The minimum atomic E-state index is -0.493. The van der Waals surface area contributed by atoms with Crippen LogP contribution in [0.1, 0.15) is 15.9 Å². The van der Waals surface area contributed by atoms with Crippen LogP contribution >= 0.6 is 22.6 Å². The molecule has 0 aliphatic carbocycles. The Kier molecular flexibility index (Phi) is 4.57. The summed E-state index contributed by atoms with van der Waals surface area (Å²) in [6.45, 7) is 0. The Balaban J connectivity index is 2.05. The number of carbonyl (C=O) groups excluding carboxylic acids is 1. The molecule has 0 heterocycles. The Labute approximate surface area is 129 Å². The fourth-order valence-electron chi connectivity index (χ4n) is 1.49. The molecule has 0 unspecified atom stereocenters. The van der Waals surface area contributed by atoms with E-state index in [-0.39, 0.29) is 17.1 Å². The number of carbonyl (C=O) groups is 1. The third-order valence-corrected chi connectivity index (χ3v) is 3.36. The molecule has 2 aromatic carbocycles. The second-order valence-electron chi connectivity index (χ2n) is 3.93. The summed E-state index contributed by atoms with van der Waals surface area (Å²) in [5, 5.41) is 22.7. The van der Waals surface area contributed by atoms with Crippen LogP contribution in [0.5, 0.6) is 11.5 Å². The van der Waals surface area contributed by atoms with Crippen LogP contribution in [-0.4, -0.2) is 22.3 Å². The number of halogens is 1. The average molecular weight is 382 g/mol. The smallest absolute Gasteiger partial charge is 0.275 e. The van der Waals surface area contributed by atoms with Crippen molar-refractivity contribution < 1.29 is 15.0 Å². The number of rotatable bonds is 3. The number of hydrogen-bond donors (Lipinski definition) is 3. The van der Waals surface area contributed by atoms with Gasteiger partial charge in [0.05, 0.1) is 15.3 Å². The van der Waals surface area contributed by atoms with Crippen molar-refractivity contribution in [3.8, 4) is 11.5 Å². The third kappa shape index (κ3) is 3.47. The van der Waals surface area contributed by atoms with Crippen molar-refractivity contribution in [1.29, 1.82) is 0 Å². The fraction of sp³-hybridized carbons (Fsp3) is 0. The molecule has 0 radical (unpaired) electrons. The van der Waals surface area contributed by atoms with Crippen molar-refractivity contribution in [3.05, 3.63) is 57.2 Å². The van der Waals surface area contributed by atoms with Crippen molar-refractivity contribution in [2.24, 2.45) is 5.10 Å². The molecule has 0 saturated heterocycles. The number of benzene rings is 2. The maximum Gasteiger partial charge on any atom is 0.275 e. The summed E-state index contributed by atoms with van der Waals surface area (Å²) >= 11 is 2.00. The molecule has 2 aromatic rings. The van der Waals surface area contributed by atoms with Crippen molar-refractivity contribution in [1.82, 2.24) is 5.43 Å². The number of nitrogens with zero attached hydrogens (tertiary/aromatic N) is 1. The van der Waals surface area contributed by atoms with Crippen LogP contribution in [0.3, 0.4) is 0 Å². The SMILES string of the molecule is O=C(N/N=C\c1ccc(O)c(I)c1)c1ccccc1O. The van der Waals surface area contributed by atoms with Crippen LogP contribution in [0.15, 0.2) is 47.6 Å². The van der Waals surface area contributed by atoms with E-state index in [2.05, 4.69) is 10.5 Å². The first-order valence-electron chi connectivity index (χ1n) is 5.68. The molecule has 20 heavy (non-hydrogen) atoms. The first kappa shape index (κ1) is 14.3. The van der Waals surface area contributed by atoms with Gasteiger partial charge < -0.3 is 10.2 Å². The zero-order valence-electron chi connectivity index (χ0n) is 10.2. The molecule has 0 aromatic heterocycles. The molecule has 102 valence electrons. The molecule has 0 atom stereocenters. The minimum absolute atomic E-state index is 0.0978. The van der Waals surface area contributed by atoms with E-state index in [9.17, 15) is 15.0 Å². The third-order valence-electron chi connectivity index (χ3n) is 2.50. The van der Waals surface area contributed by atoms with E-state index in [0.29, 0.717) is 3.57 Å². The lowest BCUT2D eigenvalue weighted by atomic mass is 10.2. The predicted octanol–water partition coefficient (Wildman–Crippen LogP) is 2.47. The molecule has 3 N–H and O–H groups in total. The number of hydrazone groups is 1. The van der Waals surface area contributed by atoms with Crippen LogP contribution in [0.4, 0.5) is 0 Å². The van der Waals surface area contributed by atoms with Gasteiger partial charge in [0.25, 0.3) is 5.91 Å². The normalized spacial score (nSPS) is 10.7. The molecule has 0 aliphatic rings. The fourth-order valence-corrected chi connectivity index (χ4v) is 2.03. The second-order valence-corrected chi connectivity index (χ2v) is 5.09. The van der Waals surface area contributed by atoms with Gasteiger partial charge >= 0.3 is 0 Å². The number of hydrogen-bond acceptors (Lipinski definition) is 4. The number of nitrogens with one attached hydrogen (secondary N) is 1. The molecule has 2 rings (SSSR count). The highest BCUT2D eigenvalue weighted by molar-refractivity contribution is 14.1. The van der Waals surface area contributed by atoms with E-state index < -0.39 is 5.91 Å². The molecule has 5 nitrogen and oxygen atoms in total. The van der Waals surface area contributed by atoms with E-state index in [1.165, 1.54) is 18.3 Å². The van der Waals surface area contributed by atoms with Gasteiger partial charge in [-0.2, -0.15) is 5.10 Å². The molecular weight excluding hydrogens is 371 g/mol. The summed E-state index contributed by atoms with van der Waals surface area (Å²) in [5.41, 5.74) is 3.23. The summed E-state index contributed by atoms with van der Waals surface area (Å²) in [6, 6.07) is 11.2. The van der Waals surface area contributed by atoms with E-state index in [1.807, 2.05) is 22.6 Å². The first-order chi connectivity index (χ1) is 9.58. The Morgan fingerprint density at radius 2 is 1.90 bits per heavy atom. The van der Waals surface area contributed by atoms with Gasteiger partial charge in [-0.15, -0.1) is 0 Å². The maximum absolute atomic E-state index is 11.8. The van der Waals surface area contributed by atoms with Crippen LogP contribution < -0.4 is 5.43 Å². The standard InChI is InChI=1S/C14H11IN2O3/c15-11-7-9(5-6-13(11)19)8-16-17-14(20)10-3-1-2-4-12(10)18/h1-8,18-19H,(H,17,20)/b16-8-. The van der Waals surface area contributed by atoms with Gasteiger partial charge in [0.2, 0.25) is 0 Å². The van der Waals surface area contributed by atoms with Gasteiger partial charge in [0.15, 0.2) is 0 Å². The Morgan fingerprint density at radius 1 is 1.15 bits per heavy atom. The van der Waals surface area contributed by atoms with Crippen LogP contribution in [0.2, 0.25) is 0 Å². The maximum atomic E-state index is 11.8. The topological polar surface area (TPSA) is 81.9 Å². The Hall–Kier alpha value is -2.09. The molecule has 0 fully saturated rings. The highest BCUT2D eigenvalue weighted by Crippen LogP contribution is 2.19. The van der Waals surface area contributed by atoms with Crippen LogP contribution in [0.25, 0.3) is 0 Å². The largest absolute Gasteiger partial charge is 0.507 e. The summed E-state index contributed by atoms with van der Waals surface area (Å²) in [6.07, 6.45) is 1.46. The number of amides is 1. The van der Waals surface area contributed by atoms with Crippen molar-refractivity contribution >= 4 is 34.7 Å². The Morgan fingerprint density at radius 3 is 2.60 bits per heavy atom. The van der Waals surface area contributed by atoms with Gasteiger partial charge in [-0.25, -0.2) is 5.43 Å². The molecule has 1 amide bonds. The van der Waals surface area contributed by atoms with Crippen LogP contribution in [0, 0.1) is 3.57 Å². The monoisotopic (exact) mass is 382 g/mol. The second kappa shape index (κ2) is 6.38. The van der Waals surface area contributed by atoms with E-state index in [0.717, 1.165) is 5.56 Å². The van der Waals surface area contributed by atoms with Gasteiger partial charge in [0.1, 0.15) is 11.5 Å². The lowest BCUT2D eigenvalue weighted by Crippen LogP contribution is -2.17.